The zero-order valence-corrected chi connectivity index (χ0v) is 15.3. The summed E-state index contributed by atoms with van der Waals surface area (Å²) in [4.78, 5) is 19.5. The van der Waals surface area contributed by atoms with Gasteiger partial charge in [-0.3, -0.25) is 0 Å². The lowest BCUT2D eigenvalue weighted by Crippen LogP contribution is -2.34. The fourth-order valence-corrected chi connectivity index (χ4v) is 3.26. The Morgan fingerprint density at radius 3 is 2.71 bits per heavy atom. The van der Waals surface area contributed by atoms with Gasteiger partial charge in [-0.25, -0.2) is 14.2 Å². The van der Waals surface area contributed by atoms with Crippen LogP contribution in [0.25, 0.3) is 0 Å². The number of thiazole rings is 1. The summed E-state index contributed by atoms with van der Waals surface area (Å²) < 4.78 is 19.3. The molecule has 0 aliphatic rings. The van der Waals surface area contributed by atoms with E-state index in [0.29, 0.717) is 12.4 Å². The summed E-state index contributed by atoms with van der Waals surface area (Å²) >= 11 is 1.60. The minimum absolute atomic E-state index is 0.119. The van der Waals surface area contributed by atoms with Gasteiger partial charge in [0, 0.05) is 18.0 Å². The molecule has 1 N–H and O–H groups in total. The zero-order valence-electron chi connectivity index (χ0n) is 14.5. The van der Waals surface area contributed by atoms with Gasteiger partial charge in [-0.2, -0.15) is 0 Å². The van der Waals surface area contributed by atoms with Crippen LogP contribution in [0, 0.1) is 19.7 Å². The summed E-state index contributed by atoms with van der Waals surface area (Å²) in [7, 11) is 1.67. The second kappa shape index (κ2) is 7.61. The van der Waals surface area contributed by atoms with Crippen molar-refractivity contribution in [3.05, 3.63) is 39.6 Å². The van der Waals surface area contributed by atoms with Gasteiger partial charge in [0.05, 0.1) is 29.0 Å². The number of ether oxygens (including phenoxy) is 1. The van der Waals surface area contributed by atoms with Gasteiger partial charge < -0.3 is 15.0 Å². The molecule has 7 heteroatoms. The highest BCUT2D eigenvalue weighted by atomic mass is 32.1. The lowest BCUT2D eigenvalue weighted by molar-refractivity contribution is 0.207. The van der Waals surface area contributed by atoms with E-state index in [2.05, 4.69) is 10.3 Å². The molecule has 0 fully saturated rings. The maximum atomic E-state index is 14.1. The second-order valence-corrected chi connectivity index (χ2v) is 6.87. The fraction of sp³-hybridized carbons (Fsp3) is 0.412. The number of anilines is 1. The molecule has 0 spiro atoms. The van der Waals surface area contributed by atoms with E-state index in [9.17, 15) is 9.18 Å². The predicted molar refractivity (Wildman–Crippen MR) is 94.4 cm³/mol. The first-order valence-electron chi connectivity index (χ1n) is 7.73. The number of aromatic nitrogens is 1. The van der Waals surface area contributed by atoms with Crippen LogP contribution in [0.4, 0.5) is 14.9 Å². The molecule has 1 heterocycles. The molecule has 130 valence electrons. The predicted octanol–water partition coefficient (Wildman–Crippen LogP) is 4.52. The molecular weight excluding hydrogens is 329 g/mol. The average Bonchev–Trinajstić information content (AvgIpc) is 2.87. The van der Waals surface area contributed by atoms with Crippen LogP contribution in [0.3, 0.4) is 0 Å². The number of amides is 2. The second-order valence-electron chi connectivity index (χ2n) is 5.47. The van der Waals surface area contributed by atoms with Crippen molar-refractivity contribution in [1.82, 2.24) is 9.88 Å². The number of urea groups is 1. The minimum Gasteiger partial charge on any atom is -0.494 e. The van der Waals surface area contributed by atoms with E-state index in [1.807, 2.05) is 27.7 Å². The first-order chi connectivity index (χ1) is 11.3. The van der Waals surface area contributed by atoms with Crippen LogP contribution in [0.15, 0.2) is 18.2 Å². The van der Waals surface area contributed by atoms with E-state index in [-0.39, 0.29) is 11.7 Å². The van der Waals surface area contributed by atoms with Gasteiger partial charge in [-0.1, -0.05) is 0 Å². The number of carbonyl (C=O) groups excluding carboxylic acids is 1. The third kappa shape index (κ3) is 4.03. The lowest BCUT2D eigenvalue weighted by atomic mass is 10.2. The van der Waals surface area contributed by atoms with Crippen molar-refractivity contribution >= 4 is 23.1 Å². The monoisotopic (exact) mass is 351 g/mol. The van der Waals surface area contributed by atoms with Crippen molar-refractivity contribution in [1.29, 1.82) is 0 Å². The molecule has 1 aromatic carbocycles. The Morgan fingerprint density at radius 2 is 2.17 bits per heavy atom. The number of aryl methyl sites for hydroxylation is 2. The number of nitrogens with one attached hydrogen (secondary N) is 1. The molecule has 0 saturated carbocycles. The van der Waals surface area contributed by atoms with Crippen LogP contribution < -0.4 is 10.1 Å². The van der Waals surface area contributed by atoms with E-state index >= 15 is 0 Å². The Balaban J connectivity index is 2.10. The van der Waals surface area contributed by atoms with Crippen LogP contribution in [0.1, 0.15) is 35.5 Å². The lowest BCUT2D eigenvalue weighted by Gasteiger charge is -2.24. The van der Waals surface area contributed by atoms with Crippen LogP contribution in [0.5, 0.6) is 5.75 Å². The van der Waals surface area contributed by atoms with Gasteiger partial charge in [0.1, 0.15) is 11.6 Å². The number of hydrogen-bond acceptors (Lipinski definition) is 4. The van der Waals surface area contributed by atoms with Gasteiger partial charge in [0.2, 0.25) is 0 Å². The highest BCUT2D eigenvalue weighted by Gasteiger charge is 2.22. The molecule has 1 aromatic heterocycles. The van der Waals surface area contributed by atoms with Crippen molar-refractivity contribution in [3.63, 3.8) is 0 Å². The Labute approximate surface area is 145 Å². The molecule has 0 aliphatic heterocycles. The molecule has 2 aromatic rings. The highest BCUT2D eigenvalue weighted by Crippen LogP contribution is 2.27. The molecule has 0 aliphatic carbocycles. The molecule has 24 heavy (non-hydrogen) atoms. The normalized spacial score (nSPS) is 11.9. The summed E-state index contributed by atoms with van der Waals surface area (Å²) in [5.74, 6) is -0.0978. The Morgan fingerprint density at radius 1 is 1.46 bits per heavy atom. The number of rotatable bonds is 5. The maximum Gasteiger partial charge on any atom is 0.322 e. The Bertz CT molecular complexity index is 733. The average molecular weight is 351 g/mol. The quantitative estimate of drug-likeness (QED) is 0.861. The van der Waals surface area contributed by atoms with Crippen molar-refractivity contribution in [2.24, 2.45) is 0 Å². The molecule has 0 radical (unpaired) electrons. The number of nitrogens with zero attached hydrogens (tertiary/aromatic N) is 2. The van der Waals surface area contributed by atoms with E-state index in [1.54, 1.807) is 24.5 Å². The van der Waals surface area contributed by atoms with Crippen LogP contribution in [0.2, 0.25) is 0 Å². The SMILES string of the molecule is CCOc1ccc(NC(=O)N(C)[C@@H](C)c2nc(C)sc2C)c(F)c1. The molecule has 0 saturated heterocycles. The molecule has 1 atom stereocenters. The third-order valence-electron chi connectivity index (χ3n) is 3.73. The molecule has 0 unspecified atom stereocenters. The standard InChI is InChI=1S/C17H22FN3O2S/c1-6-23-13-7-8-15(14(18)9-13)20-17(22)21(5)10(2)16-11(3)24-12(4)19-16/h7-10H,6H2,1-5H3,(H,20,22)/t10-/m0/s1. The van der Waals surface area contributed by atoms with E-state index in [4.69, 9.17) is 4.74 Å². The van der Waals surface area contributed by atoms with Crippen molar-refractivity contribution in [3.8, 4) is 5.75 Å². The summed E-state index contributed by atoms with van der Waals surface area (Å²) in [6.07, 6.45) is 0. The summed E-state index contributed by atoms with van der Waals surface area (Å²) in [5, 5.41) is 3.55. The molecule has 0 bridgehead atoms. The number of hydrogen-bond donors (Lipinski definition) is 1. The minimum atomic E-state index is -0.531. The van der Waals surface area contributed by atoms with Gasteiger partial charge in [-0.15, -0.1) is 11.3 Å². The zero-order chi connectivity index (χ0) is 17.9. The number of halogens is 1. The van der Waals surface area contributed by atoms with Crippen molar-refractivity contribution in [2.75, 3.05) is 19.0 Å². The van der Waals surface area contributed by atoms with Crippen LogP contribution in [-0.2, 0) is 0 Å². The van der Waals surface area contributed by atoms with Crippen LogP contribution >= 0.6 is 11.3 Å². The first kappa shape index (κ1) is 18.2. The molecule has 2 rings (SSSR count). The Kier molecular flexibility index (Phi) is 5.77. The fourth-order valence-electron chi connectivity index (χ4n) is 2.35. The Hall–Kier alpha value is -2.15. The first-order valence-corrected chi connectivity index (χ1v) is 8.55. The van der Waals surface area contributed by atoms with Crippen molar-refractivity contribution < 1.29 is 13.9 Å². The van der Waals surface area contributed by atoms with Gasteiger partial charge in [0.25, 0.3) is 0 Å². The maximum absolute atomic E-state index is 14.1. The summed E-state index contributed by atoms with van der Waals surface area (Å²) in [5.41, 5.74) is 0.982. The van der Waals surface area contributed by atoms with E-state index in [1.165, 1.54) is 17.0 Å². The molecule has 5 nitrogen and oxygen atoms in total. The highest BCUT2D eigenvalue weighted by molar-refractivity contribution is 7.11. The molecular formula is C17H22FN3O2S. The van der Waals surface area contributed by atoms with E-state index < -0.39 is 11.8 Å². The smallest absolute Gasteiger partial charge is 0.322 e. The topological polar surface area (TPSA) is 54.5 Å². The number of carbonyl (C=O) groups is 1. The molecule has 2 amide bonds. The van der Waals surface area contributed by atoms with E-state index in [0.717, 1.165) is 15.6 Å². The summed E-state index contributed by atoms with van der Waals surface area (Å²) in [6.45, 7) is 8.09. The van der Waals surface area contributed by atoms with Crippen molar-refractivity contribution in [2.45, 2.75) is 33.7 Å². The third-order valence-corrected chi connectivity index (χ3v) is 4.63. The van der Waals surface area contributed by atoms with Gasteiger partial charge in [0.15, 0.2) is 0 Å². The summed E-state index contributed by atoms with van der Waals surface area (Å²) in [6, 6.07) is 3.78. The number of benzene rings is 1. The largest absolute Gasteiger partial charge is 0.494 e. The van der Waals surface area contributed by atoms with Gasteiger partial charge in [-0.05, 0) is 39.8 Å². The van der Waals surface area contributed by atoms with Crippen LogP contribution in [-0.4, -0.2) is 29.6 Å². The van der Waals surface area contributed by atoms with Gasteiger partial charge >= 0.3 is 6.03 Å².